The summed E-state index contributed by atoms with van der Waals surface area (Å²) in [7, 11) is 0. The van der Waals surface area contributed by atoms with Crippen molar-refractivity contribution in [1.29, 1.82) is 0 Å². The molecule has 4 fully saturated rings. The van der Waals surface area contributed by atoms with Crippen LogP contribution in [0.4, 0.5) is 23.1 Å². The topological polar surface area (TPSA) is 233 Å². The highest BCUT2D eigenvalue weighted by atomic mass is 16.5. The molecule has 3 aromatic rings. The Kier molecular flexibility index (Phi) is 14.4. The molecule has 7 amide bonds. The first-order valence-corrected chi connectivity index (χ1v) is 22.9. The number of ether oxygens (including phenoxy) is 1. The number of carbonyl (C=O) groups is 7. The van der Waals surface area contributed by atoms with Crippen molar-refractivity contribution >= 4 is 64.4 Å². The number of benzene rings is 2. The second kappa shape index (κ2) is 20.7. The van der Waals surface area contributed by atoms with Gasteiger partial charge in [-0.05, 0) is 61.9 Å². The number of nitrogens with one attached hydrogen (secondary N) is 3. The fourth-order valence-corrected chi connectivity index (χ4v) is 9.29. The number of nitrogens with two attached hydrogens (primary N) is 1. The average Bonchev–Trinajstić information content (AvgIpc) is 3.91. The Balaban J connectivity index is 0.760. The molecule has 0 radical (unpaired) electrons. The zero-order chi connectivity index (χ0) is 45.5. The number of unbranched alkanes of at least 4 members (excludes halogenated alkanes) is 4. The number of aromatic nitrogens is 1. The maximum absolute atomic E-state index is 13.4. The Morgan fingerprint density at radius 3 is 2.32 bits per heavy atom. The zero-order valence-electron chi connectivity index (χ0n) is 36.7. The van der Waals surface area contributed by atoms with Crippen LogP contribution in [-0.2, 0) is 30.5 Å². The van der Waals surface area contributed by atoms with Crippen molar-refractivity contribution in [3.63, 3.8) is 0 Å². The molecular weight excluding hydrogens is 837 g/mol. The average molecular weight is 895 g/mol. The number of nitrogens with zero attached hydrogens (tertiary/aromatic N) is 6. The minimum absolute atomic E-state index is 0.0680. The summed E-state index contributed by atoms with van der Waals surface area (Å²) in [6.07, 6.45) is 7.77. The molecule has 1 atom stereocenters. The first-order valence-electron chi connectivity index (χ1n) is 22.9. The van der Waals surface area contributed by atoms with Crippen molar-refractivity contribution in [3.05, 3.63) is 65.0 Å². The molecule has 0 saturated carbocycles. The number of primary amides is 1. The molecule has 8 rings (SSSR count). The number of piperidine rings is 2. The summed E-state index contributed by atoms with van der Waals surface area (Å²) in [4.78, 5) is 103. The fraction of sp³-hybridized carbons (Fsp3) is 0.522. The van der Waals surface area contributed by atoms with Crippen molar-refractivity contribution in [1.82, 2.24) is 25.0 Å². The Bertz CT molecular complexity index is 2280. The van der Waals surface area contributed by atoms with E-state index in [0.717, 1.165) is 61.3 Å². The van der Waals surface area contributed by atoms with Gasteiger partial charge in [-0.2, -0.15) is 4.98 Å². The Labute approximate surface area is 377 Å². The molecular formula is C46H58N10O9. The van der Waals surface area contributed by atoms with E-state index in [-0.39, 0.29) is 53.3 Å². The lowest BCUT2D eigenvalue weighted by molar-refractivity contribution is -0.136. The number of fused-ring (bicyclic) bond motifs is 1. The smallest absolute Gasteiger partial charge is 0.298 e. The van der Waals surface area contributed by atoms with Gasteiger partial charge < -0.3 is 40.2 Å². The number of hydrogen-bond acceptors (Lipinski definition) is 14. The van der Waals surface area contributed by atoms with E-state index in [2.05, 4.69) is 36.8 Å². The number of piperazine rings is 1. The van der Waals surface area contributed by atoms with Crippen LogP contribution in [0, 0.1) is 5.92 Å². The van der Waals surface area contributed by atoms with Gasteiger partial charge in [0.15, 0.2) is 5.69 Å². The van der Waals surface area contributed by atoms with E-state index in [4.69, 9.17) is 14.9 Å². The number of hydrogen-bond donors (Lipinski definition) is 4. The molecule has 4 saturated heterocycles. The number of oxazole rings is 1. The van der Waals surface area contributed by atoms with Gasteiger partial charge in [0.25, 0.3) is 23.7 Å². The van der Waals surface area contributed by atoms with Gasteiger partial charge in [-0.1, -0.05) is 31.4 Å². The van der Waals surface area contributed by atoms with Crippen LogP contribution in [-0.4, -0.2) is 139 Å². The van der Waals surface area contributed by atoms with E-state index < -0.39 is 29.7 Å². The maximum atomic E-state index is 13.4. The van der Waals surface area contributed by atoms with Crippen molar-refractivity contribution in [3.8, 4) is 0 Å². The van der Waals surface area contributed by atoms with Crippen LogP contribution in [0.3, 0.4) is 0 Å². The van der Waals surface area contributed by atoms with Crippen LogP contribution in [0.5, 0.6) is 0 Å². The van der Waals surface area contributed by atoms with E-state index >= 15 is 0 Å². The number of anilines is 4. The van der Waals surface area contributed by atoms with Crippen molar-refractivity contribution < 1.29 is 42.7 Å². The molecule has 65 heavy (non-hydrogen) atoms. The molecule has 6 heterocycles. The van der Waals surface area contributed by atoms with E-state index in [1.807, 2.05) is 21.9 Å². The second-order valence-corrected chi connectivity index (χ2v) is 17.4. The van der Waals surface area contributed by atoms with Crippen LogP contribution >= 0.6 is 0 Å². The Hall–Kier alpha value is -6.34. The van der Waals surface area contributed by atoms with Gasteiger partial charge in [-0.25, -0.2) is 0 Å². The van der Waals surface area contributed by atoms with E-state index in [0.29, 0.717) is 102 Å². The number of rotatable bonds is 17. The summed E-state index contributed by atoms with van der Waals surface area (Å²) >= 11 is 0. The van der Waals surface area contributed by atoms with Crippen LogP contribution < -0.4 is 31.5 Å². The van der Waals surface area contributed by atoms with E-state index in [1.54, 1.807) is 18.2 Å². The fourth-order valence-electron chi connectivity index (χ4n) is 9.29. The number of morpholine rings is 1. The highest BCUT2D eigenvalue weighted by molar-refractivity contribution is 6.25. The van der Waals surface area contributed by atoms with Crippen LogP contribution in [0.1, 0.15) is 101 Å². The van der Waals surface area contributed by atoms with Gasteiger partial charge in [0.1, 0.15) is 12.3 Å². The summed E-state index contributed by atoms with van der Waals surface area (Å²) in [6, 6.07) is 10.5. The molecule has 5 N–H and O–H groups in total. The van der Waals surface area contributed by atoms with Crippen molar-refractivity contribution in [2.75, 3.05) is 92.5 Å². The quantitative estimate of drug-likeness (QED) is 0.113. The third-order valence-electron chi connectivity index (χ3n) is 13.0. The van der Waals surface area contributed by atoms with Gasteiger partial charge in [0.05, 0.1) is 35.7 Å². The zero-order valence-corrected chi connectivity index (χ0v) is 36.7. The minimum Gasteiger partial charge on any atom is -0.431 e. The summed E-state index contributed by atoms with van der Waals surface area (Å²) < 4.78 is 11.1. The van der Waals surface area contributed by atoms with Crippen LogP contribution in [0.25, 0.3) is 0 Å². The van der Waals surface area contributed by atoms with Crippen molar-refractivity contribution in [2.24, 2.45) is 11.7 Å². The Morgan fingerprint density at radius 1 is 0.815 bits per heavy atom. The van der Waals surface area contributed by atoms with Crippen LogP contribution in [0.15, 0.2) is 47.1 Å². The molecule has 5 aliphatic heterocycles. The summed E-state index contributed by atoms with van der Waals surface area (Å²) in [5, 5.41) is 8.57. The van der Waals surface area contributed by atoms with Gasteiger partial charge in [0, 0.05) is 89.9 Å². The van der Waals surface area contributed by atoms with Gasteiger partial charge in [-0.15, -0.1) is 0 Å². The highest BCUT2D eigenvalue weighted by Crippen LogP contribution is 2.34. The predicted molar refractivity (Wildman–Crippen MR) is 239 cm³/mol. The number of carbonyl (C=O) groups excluding carboxylic acids is 7. The lowest BCUT2D eigenvalue weighted by atomic mass is 9.95. The molecule has 19 nitrogen and oxygen atoms in total. The molecule has 1 unspecified atom stereocenters. The molecule has 5 aliphatic rings. The molecule has 346 valence electrons. The Morgan fingerprint density at radius 2 is 1.57 bits per heavy atom. The highest BCUT2D eigenvalue weighted by Gasteiger charge is 2.45. The summed E-state index contributed by atoms with van der Waals surface area (Å²) in [5.41, 5.74) is 9.46. The van der Waals surface area contributed by atoms with Crippen molar-refractivity contribution in [2.45, 2.75) is 76.8 Å². The predicted octanol–water partition coefficient (Wildman–Crippen LogP) is 2.96. The van der Waals surface area contributed by atoms with Gasteiger partial charge in [0.2, 0.25) is 23.6 Å². The molecule has 0 bridgehead atoms. The largest absolute Gasteiger partial charge is 0.431 e. The maximum Gasteiger partial charge on any atom is 0.298 e. The summed E-state index contributed by atoms with van der Waals surface area (Å²) in [5.74, 6) is -2.78. The van der Waals surface area contributed by atoms with E-state index in [9.17, 15) is 33.6 Å². The number of imide groups is 2. The SMILES string of the molecule is NC(=O)C1CCN(c2cc(CN3CCN(C(=O)CCCCCCCNc4cccc5c4C(=O)N(C4CCC(=O)NC4=O)C5=O)CC3)ccc2NC(=O)c2coc(N3CCOCC3)n2)CC1. The first-order chi connectivity index (χ1) is 31.5. The molecule has 0 aliphatic carbocycles. The first kappa shape index (κ1) is 45.2. The lowest BCUT2D eigenvalue weighted by Crippen LogP contribution is -2.54. The van der Waals surface area contributed by atoms with E-state index in [1.165, 1.54) is 6.26 Å². The van der Waals surface area contributed by atoms with Gasteiger partial charge >= 0.3 is 0 Å². The third-order valence-corrected chi connectivity index (χ3v) is 13.0. The molecule has 19 heteroatoms. The third kappa shape index (κ3) is 10.6. The van der Waals surface area contributed by atoms with Gasteiger partial charge in [-0.3, -0.25) is 48.7 Å². The number of amides is 7. The minimum atomic E-state index is -1.01. The van der Waals surface area contributed by atoms with Crippen LogP contribution in [0.2, 0.25) is 0 Å². The lowest BCUT2D eigenvalue weighted by Gasteiger charge is -2.36. The second-order valence-electron chi connectivity index (χ2n) is 17.4. The monoisotopic (exact) mass is 894 g/mol. The molecule has 1 aromatic heterocycles. The normalized spacial score (nSPS) is 19.7. The summed E-state index contributed by atoms with van der Waals surface area (Å²) in [6.45, 7) is 7.74. The standard InChI is InChI=1S/C46H58N10O9/c47-41(59)31-14-17-53(18-15-31)37-27-30(10-11-33(37)49-42(60)35-29-65-46(50-35)55-23-25-64-26-24-55)28-52-19-21-54(22-20-52)39(58)9-4-2-1-3-5-16-48-34-8-6-7-32-40(34)45(63)56(44(32)62)36-12-13-38(57)51-43(36)61/h6-8,10-11,27,29,31,36,48H,1-5,9,12-26,28H2,(H2,47,59)(H,49,60)(H,51,57,61). The molecule has 0 spiro atoms. The molecule has 2 aromatic carbocycles.